The zero-order valence-electron chi connectivity index (χ0n) is 12.4. The Labute approximate surface area is 122 Å². The fourth-order valence-corrected chi connectivity index (χ4v) is 3.19. The molecule has 1 fully saturated rings. The number of benzene rings is 1. The zero-order valence-corrected chi connectivity index (χ0v) is 12.4. The van der Waals surface area contributed by atoms with Crippen molar-refractivity contribution >= 4 is 0 Å². The Balaban J connectivity index is 1.81. The SMILES string of the molecule is CCCC1CCC(C#N)C(OCCc2ccccc2)C1. The molecule has 3 atom stereocenters. The minimum Gasteiger partial charge on any atom is -0.377 e. The average molecular weight is 271 g/mol. The maximum absolute atomic E-state index is 9.26. The van der Waals surface area contributed by atoms with Gasteiger partial charge in [0.15, 0.2) is 0 Å². The molecule has 0 heterocycles. The molecule has 1 aliphatic rings. The molecule has 1 aliphatic carbocycles. The van der Waals surface area contributed by atoms with E-state index in [9.17, 15) is 5.26 Å². The minimum atomic E-state index is 0.0962. The highest BCUT2D eigenvalue weighted by molar-refractivity contribution is 5.14. The topological polar surface area (TPSA) is 33.0 Å². The van der Waals surface area contributed by atoms with Crippen LogP contribution in [0.4, 0.5) is 0 Å². The van der Waals surface area contributed by atoms with E-state index in [4.69, 9.17) is 4.74 Å². The number of nitrogens with zero attached hydrogens (tertiary/aromatic N) is 1. The lowest BCUT2D eigenvalue weighted by molar-refractivity contribution is -0.00930. The van der Waals surface area contributed by atoms with Crippen molar-refractivity contribution in [1.29, 1.82) is 5.26 Å². The molecular weight excluding hydrogens is 246 g/mol. The van der Waals surface area contributed by atoms with E-state index in [2.05, 4.69) is 37.3 Å². The summed E-state index contributed by atoms with van der Waals surface area (Å²) in [7, 11) is 0. The van der Waals surface area contributed by atoms with Gasteiger partial charge in [-0.1, -0.05) is 50.1 Å². The Hall–Kier alpha value is -1.33. The highest BCUT2D eigenvalue weighted by atomic mass is 16.5. The van der Waals surface area contributed by atoms with Gasteiger partial charge in [0.2, 0.25) is 0 Å². The average Bonchev–Trinajstić information content (AvgIpc) is 2.49. The van der Waals surface area contributed by atoms with Crippen molar-refractivity contribution in [3.63, 3.8) is 0 Å². The van der Waals surface area contributed by atoms with E-state index in [1.807, 2.05) is 6.07 Å². The van der Waals surface area contributed by atoms with Gasteiger partial charge in [0, 0.05) is 0 Å². The first-order valence-corrected chi connectivity index (χ1v) is 7.88. The van der Waals surface area contributed by atoms with Gasteiger partial charge in [0.25, 0.3) is 0 Å². The van der Waals surface area contributed by atoms with Gasteiger partial charge in [-0.2, -0.15) is 5.26 Å². The van der Waals surface area contributed by atoms with Crippen molar-refractivity contribution in [2.75, 3.05) is 6.61 Å². The molecule has 0 N–H and O–H groups in total. The summed E-state index contributed by atoms with van der Waals surface area (Å²) >= 11 is 0. The normalized spacial score (nSPS) is 26.1. The van der Waals surface area contributed by atoms with Crippen LogP contribution in [-0.2, 0) is 11.2 Å². The van der Waals surface area contributed by atoms with E-state index in [1.54, 1.807) is 0 Å². The first kappa shape index (κ1) is 15.1. The second kappa shape index (κ2) is 8.07. The van der Waals surface area contributed by atoms with Crippen LogP contribution in [0.5, 0.6) is 0 Å². The number of hydrogen-bond acceptors (Lipinski definition) is 2. The van der Waals surface area contributed by atoms with E-state index in [0.29, 0.717) is 0 Å². The molecular formula is C18H25NO. The van der Waals surface area contributed by atoms with Crippen LogP contribution >= 0.6 is 0 Å². The predicted octanol–water partition coefficient (Wildman–Crippen LogP) is 4.35. The van der Waals surface area contributed by atoms with Crippen LogP contribution in [0.1, 0.15) is 44.6 Å². The third-order valence-corrected chi connectivity index (χ3v) is 4.33. The summed E-state index contributed by atoms with van der Waals surface area (Å²) < 4.78 is 6.04. The van der Waals surface area contributed by atoms with Gasteiger partial charge in [-0.3, -0.25) is 0 Å². The van der Waals surface area contributed by atoms with Crippen molar-refractivity contribution in [2.24, 2.45) is 11.8 Å². The van der Waals surface area contributed by atoms with Gasteiger partial charge < -0.3 is 4.74 Å². The van der Waals surface area contributed by atoms with E-state index >= 15 is 0 Å². The second-order valence-corrected chi connectivity index (χ2v) is 5.85. The van der Waals surface area contributed by atoms with Crippen LogP contribution in [0.15, 0.2) is 30.3 Å². The van der Waals surface area contributed by atoms with Gasteiger partial charge >= 0.3 is 0 Å². The lowest BCUT2D eigenvalue weighted by atomic mass is 9.78. The lowest BCUT2D eigenvalue weighted by Gasteiger charge is -2.32. The molecule has 1 aromatic carbocycles. The number of ether oxygens (including phenoxy) is 1. The van der Waals surface area contributed by atoms with Crippen molar-refractivity contribution < 1.29 is 4.74 Å². The molecule has 2 rings (SSSR count). The summed E-state index contributed by atoms with van der Waals surface area (Å²) in [6.07, 6.45) is 6.88. The van der Waals surface area contributed by atoms with Crippen LogP contribution in [0, 0.1) is 23.2 Å². The molecule has 0 bridgehead atoms. The fourth-order valence-electron chi connectivity index (χ4n) is 3.19. The second-order valence-electron chi connectivity index (χ2n) is 5.85. The molecule has 3 unspecified atom stereocenters. The van der Waals surface area contributed by atoms with Crippen molar-refractivity contribution in [3.05, 3.63) is 35.9 Å². The van der Waals surface area contributed by atoms with E-state index in [0.717, 1.165) is 31.8 Å². The molecule has 0 spiro atoms. The number of nitriles is 1. The summed E-state index contributed by atoms with van der Waals surface area (Å²) in [6, 6.07) is 12.9. The van der Waals surface area contributed by atoms with Gasteiger partial charge in [-0.25, -0.2) is 0 Å². The van der Waals surface area contributed by atoms with E-state index < -0.39 is 0 Å². The van der Waals surface area contributed by atoms with Gasteiger partial charge in [0.1, 0.15) is 0 Å². The monoisotopic (exact) mass is 271 g/mol. The molecule has 20 heavy (non-hydrogen) atoms. The Bertz CT molecular complexity index is 423. The van der Waals surface area contributed by atoms with Crippen LogP contribution in [0.25, 0.3) is 0 Å². The molecule has 2 nitrogen and oxygen atoms in total. The van der Waals surface area contributed by atoms with Gasteiger partial charge in [0.05, 0.1) is 24.7 Å². The van der Waals surface area contributed by atoms with Crippen LogP contribution in [0.2, 0.25) is 0 Å². The van der Waals surface area contributed by atoms with Crippen LogP contribution in [-0.4, -0.2) is 12.7 Å². The predicted molar refractivity (Wildman–Crippen MR) is 81.2 cm³/mol. The lowest BCUT2D eigenvalue weighted by Crippen LogP contribution is -2.31. The molecule has 1 aromatic rings. The maximum Gasteiger partial charge on any atom is 0.0736 e. The van der Waals surface area contributed by atoms with E-state index in [-0.39, 0.29) is 12.0 Å². The summed E-state index contributed by atoms with van der Waals surface area (Å²) in [5, 5.41) is 9.26. The maximum atomic E-state index is 9.26. The Morgan fingerprint density at radius 1 is 1.25 bits per heavy atom. The first-order chi connectivity index (χ1) is 9.83. The van der Waals surface area contributed by atoms with Crippen LogP contribution < -0.4 is 0 Å². The summed E-state index contributed by atoms with van der Waals surface area (Å²) in [4.78, 5) is 0. The molecule has 2 heteroatoms. The quantitative estimate of drug-likeness (QED) is 0.770. The minimum absolute atomic E-state index is 0.0962. The summed E-state index contributed by atoms with van der Waals surface area (Å²) in [5.74, 6) is 0.852. The molecule has 0 amide bonds. The number of hydrogen-bond donors (Lipinski definition) is 0. The molecule has 0 radical (unpaired) electrons. The Morgan fingerprint density at radius 3 is 2.75 bits per heavy atom. The third-order valence-electron chi connectivity index (χ3n) is 4.33. The largest absolute Gasteiger partial charge is 0.377 e. The summed E-state index contributed by atoms with van der Waals surface area (Å²) in [6.45, 7) is 2.97. The number of rotatable bonds is 6. The third kappa shape index (κ3) is 4.35. The first-order valence-electron chi connectivity index (χ1n) is 7.88. The smallest absolute Gasteiger partial charge is 0.0736 e. The zero-order chi connectivity index (χ0) is 14.2. The fraction of sp³-hybridized carbons (Fsp3) is 0.611. The standard InChI is InChI=1S/C18H25NO/c1-2-6-16-9-10-17(14-19)18(13-16)20-12-11-15-7-4-3-5-8-15/h3-5,7-8,16-18H,2,6,9-13H2,1H3. The molecule has 1 saturated carbocycles. The Kier molecular flexibility index (Phi) is 6.08. The van der Waals surface area contributed by atoms with E-state index in [1.165, 1.54) is 24.8 Å². The molecule has 0 aliphatic heterocycles. The molecule has 0 aromatic heterocycles. The molecule has 108 valence electrons. The highest BCUT2D eigenvalue weighted by Gasteiger charge is 2.30. The summed E-state index contributed by atoms with van der Waals surface area (Å²) in [5.41, 5.74) is 1.31. The van der Waals surface area contributed by atoms with Crippen LogP contribution in [0.3, 0.4) is 0 Å². The van der Waals surface area contributed by atoms with Crippen molar-refractivity contribution in [3.8, 4) is 6.07 Å². The van der Waals surface area contributed by atoms with Crippen molar-refractivity contribution in [1.82, 2.24) is 0 Å². The Morgan fingerprint density at radius 2 is 2.05 bits per heavy atom. The highest BCUT2D eigenvalue weighted by Crippen LogP contribution is 2.33. The molecule has 0 saturated heterocycles. The van der Waals surface area contributed by atoms with Crippen molar-refractivity contribution in [2.45, 2.75) is 51.6 Å². The van der Waals surface area contributed by atoms with Gasteiger partial charge in [-0.15, -0.1) is 0 Å². The van der Waals surface area contributed by atoms with Gasteiger partial charge in [-0.05, 0) is 37.2 Å².